The Labute approximate surface area is 154 Å². The van der Waals surface area contributed by atoms with Crippen LogP contribution < -0.4 is 5.32 Å². The second-order valence-electron chi connectivity index (χ2n) is 6.25. The number of pyridine rings is 1. The van der Waals surface area contributed by atoms with Gasteiger partial charge in [0.05, 0.1) is 12.0 Å². The molecule has 7 heteroatoms. The summed E-state index contributed by atoms with van der Waals surface area (Å²) in [7, 11) is 0. The Hall–Kier alpha value is -2.02. The Morgan fingerprint density at radius 3 is 2.58 bits per heavy atom. The van der Waals surface area contributed by atoms with Gasteiger partial charge >= 0.3 is 6.18 Å². The number of nitrogens with zero attached hydrogens (tertiary/aromatic N) is 1. The standard InChI is InChI=1S/C19H19F3N2OS/c20-19(21,22)18-13(12-17(25)24-16-10-3-4-11-23-16)6-5-9-15(18)26-14-7-1-2-8-14/h3-6,9-11,14H,1-2,7-8,12H2,(H,23,24,25). The number of anilines is 1. The van der Waals surface area contributed by atoms with Gasteiger partial charge in [-0.1, -0.05) is 31.0 Å². The monoisotopic (exact) mass is 380 g/mol. The summed E-state index contributed by atoms with van der Waals surface area (Å²) < 4.78 is 41.1. The van der Waals surface area contributed by atoms with Crippen molar-refractivity contribution < 1.29 is 18.0 Å². The van der Waals surface area contributed by atoms with E-state index in [9.17, 15) is 18.0 Å². The van der Waals surface area contributed by atoms with Crippen molar-refractivity contribution in [2.24, 2.45) is 0 Å². The Kier molecular flexibility index (Phi) is 5.86. The number of hydrogen-bond donors (Lipinski definition) is 1. The van der Waals surface area contributed by atoms with Crippen LogP contribution in [0.3, 0.4) is 0 Å². The Morgan fingerprint density at radius 1 is 1.15 bits per heavy atom. The van der Waals surface area contributed by atoms with E-state index in [0.717, 1.165) is 25.7 Å². The number of aromatic nitrogens is 1. The highest BCUT2D eigenvalue weighted by molar-refractivity contribution is 8.00. The fraction of sp³-hybridized carbons (Fsp3) is 0.368. The largest absolute Gasteiger partial charge is 0.417 e. The first kappa shape index (κ1) is 18.8. The molecule has 3 nitrogen and oxygen atoms in total. The van der Waals surface area contributed by atoms with Crippen LogP contribution in [0, 0.1) is 0 Å². The molecular formula is C19H19F3N2OS. The van der Waals surface area contributed by atoms with Gasteiger partial charge in [-0.15, -0.1) is 11.8 Å². The van der Waals surface area contributed by atoms with Crippen molar-refractivity contribution in [1.82, 2.24) is 4.98 Å². The Bertz CT molecular complexity index is 759. The molecule has 2 aromatic rings. The minimum Gasteiger partial charge on any atom is -0.310 e. The molecule has 1 aliphatic rings. The van der Waals surface area contributed by atoms with E-state index in [1.807, 2.05) is 0 Å². The van der Waals surface area contributed by atoms with Crippen molar-refractivity contribution in [3.8, 4) is 0 Å². The van der Waals surface area contributed by atoms with E-state index in [-0.39, 0.29) is 22.1 Å². The summed E-state index contributed by atoms with van der Waals surface area (Å²) in [5.41, 5.74) is -0.693. The Balaban J connectivity index is 1.82. The number of thioether (sulfide) groups is 1. The second kappa shape index (κ2) is 8.12. The van der Waals surface area contributed by atoms with Crippen LogP contribution in [0.15, 0.2) is 47.5 Å². The second-order valence-corrected chi connectivity index (χ2v) is 7.59. The molecule has 1 heterocycles. The first-order chi connectivity index (χ1) is 12.4. The minimum atomic E-state index is -4.50. The summed E-state index contributed by atoms with van der Waals surface area (Å²) in [6.07, 6.45) is 0.665. The van der Waals surface area contributed by atoms with Gasteiger partial charge in [0, 0.05) is 16.3 Å². The first-order valence-electron chi connectivity index (χ1n) is 8.50. The van der Waals surface area contributed by atoms with Crippen molar-refractivity contribution in [2.75, 3.05) is 5.32 Å². The number of halogens is 3. The van der Waals surface area contributed by atoms with E-state index in [1.165, 1.54) is 30.1 Å². The normalized spacial score (nSPS) is 15.2. The molecule has 0 bridgehead atoms. The lowest BCUT2D eigenvalue weighted by molar-refractivity contribution is -0.140. The van der Waals surface area contributed by atoms with E-state index in [4.69, 9.17) is 0 Å². The van der Waals surface area contributed by atoms with Gasteiger partial charge in [0.2, 0.25) is 5.91 Å². The summed E-state index contributed by atoms with van der Waals surface area (Å²) in [5, 5.41) is 2.75. The third-order valence-electron chi connectivity index (χ3n) is 4.28. The van der Waals surface area contributed by atoms with Crippen LogP contribution in [0.25, 0.3) is 0 Å². The molecule has 0 unspecified atom stereocenters. The van der Waals surface area contributed by atoms with Gasteiger partial charge in [0.1, 0.15) is 5.82 Å². The molecule has 1 saturated carbocycles. The van der Waals surface area contributed by atoms with Crippen LogP contribution in [0.2, 0.25) is 0 Å². The maximum absolute atomic E-state index is 13.7. The molecule has 1 aromatic heterocycles. The fourth-order valence-electron chi connectivity index (χ4n) is 3.13. The topological polar surface area (TPSA) is 42.0 Å². The number of alkyl halides is 3. The summed E-state index contributed by atoms with van der Waals surface area (Å²) in [6, 6.07) is 9.46. The number of amides is 1. The van der Waals surface area contributed by atoms with Gasteiger partial charge in [-0.2, -0.15) is 13.2 Å². The number of rotatable bonds is 5. The Morgan fingerprint density at radius 2 is 1.92 bits per heavy atom. The molecule has 1 aliphatic carbocycles. The first-order valence-corrected chi connectivity index (χ1v) is 9.38. The van der Waals surface area contributed by atoms with Crippen molar-refractivity contribution in [1.29, 1.82) is 0 Å². The van der Waals surface area contributed by atoms with Crippen LogP contribution in [0.4, 0.5) is 19.0 Å². The number of carbonyl (C=O) groups excluding carboxylic acids is 1. The van der Waals surface area contributed by atoms with Crippen LogP contribution in [0.5, 0.6) is 0 Å². The molecular weight excluding hydrogens is 361 g/mol. The van der Waals surface area contributed by atoms with Gasteiger partial charge in [0.15, 0.2) is 0 Å². The zero-order valence-corrected chi connectivity index (χ0v) is 14.9. The van der Waals surface area contributed by atoms with Crippen LogP contribution in [-0.4, -0.2) is 16.1 Å². The van der Waals surface area contributed by atoms with Gasteiger partial charge in [-0.05, 0) is 36.6 Å². The van der Waals surface area contributed by atoms with E-state index in [2.05, 4.69) is 10.3 Å². The fourth-order valence-corrected chi connectivity index (χ4v) is 4.58. The molecule has 1 fully saturated rings. The molecule has 3 rings (SSSR count). The maximum atomic E-state index is 13.7. The zero-order chi connectivity index (χ0) is 18.6. The summed E-state index contributed by atoms with van der Waals surface area (Å²) in [5.74, 6) is -0.195. The number of hydrogen-bond acceptors (Lipinski definition) is 3. The lowest BCUT2D eigenvalue weighted by Gasteiger charge is -2.19. The zero-order valence-electron chi connectivity index (χ0n) is 14.1. The van der Waals surface area contributed by atoms with Crippen LogP contribution >= 0.6 is 11.8 Å². The predicted molar refractivity (Wildman–Crippen MR) is 96.1 cm³/mol. The highest BCUT2D eigenvalue weighted by Gasteiger charge is 2.37. The SMILES string of the molecule is O=C(Cc1cccc(SC2CCCC2)c1C(F)(F)F)Nc1ccccn1. The summed E-state index contributed by atoms with van der Waals surface area (Å²) >= 11 is 1.29. The highest BCUT2D eigenvalue weighted by Crippen LogP contribution is 2.43. The minimum absolute atomic E-state index is 0.00562. The number of nitrogens with one attached hydrogen (secondary N) is 1. The van der Waals surface area contributed by atoms with Gasteiger partial charge < -0.3 is 5.32 Å². The van der Waals surface area contributed by atoms with Crippen LogP contribution in [-0.2, 0) is 17.4 Å². The molecule has 0 spiro atoms. The van der Waals surface area contributed by atoms with Crippen molar-refractivity contribution in [3.63, 3.8) is 0 Å². The molecule has 1 aromatic carbocycles. The number of benzene rings is 1. The summed E-state index contributed by atoms with van der Waals surface area (Å²) in [4.78, 5) is 16.4. The molecule has 0 aliphatic heterocycles. The van der Waals surface area contributed by atoms with Crippen LogP contribution in [0.1, 0.15) is 36.8 Å². The molecule has 26 heavy (non-hydrogen) atoms. The average molecular weight is 380 g/mol. The maximum Gasteiger partial charge on any atom is 0.417 e. The predicted octanol–water partition coefficient (Wildman–Crippen LogP) is 5.32. The molecule has 0 saturated heterocycles. The summed E-state index contributed by atoms with van der Waals surface area (Å²) in [6.45, 7) is 0. The molecule has 1 amide bonds. The van der Waals surface area contributed by atoms with Crippen molar-refractivity contribution in [3.05, 3.63) is 53.7 Å². The van der Waals surface area contributed by atoms with E-state index >= 15 is 0 Å². The molecule has 0 radical (unpaired) electrons. The number of carbonyl (C=O) groups is 1. The van der Waals surface area contributed by atoms with Gasteiger partial charge in [-0.25, -0.2) is 4.98 Å². The third-order valence-corrected chi connectivity index (χ3v) is 5.67. The van der Waals surface area contributed by atoms with Gasteiger partial charge in [0.25, 0.3) is 0 Å². The van der Waals surface area contributed by atoms with E-state index in [0.29, 0.717) is 5.82 Å². The lowest BCUT2D eigenvalue weighted by Crippen LogP contribution is -2.19. The highest BCUT2D eigenvalue weighted by atomic mass is 32.2. The van der Waals surface area contributed by atoms with Crippen molar-refractivity contribution in [2.45, 2.75) is 48.4 Å². The molecule has 0 atom stereocenters. The van der Waals surface area contributed by atoms with E-state index < -0.39 is 17.6 Å². The molecule has 138 valence electrons. The van der Waals surface area contributed by atoms with Gasteiger partial charge in [-0.3, -0.25) is 4.79 Å². The quantitative estimate of drug-likeness (QED) is 0.764. The van der Waals surface area contributed by atoms with Crippen molar-refractivity contribution >= 4 is 23.5 Å². The van der Waals surface area contributed by atoms with E-state index in [1.54, 1.807) is 24.3 Å². The average Bonchev–Trinajstić information content (AvgIpc) is 3.07. The third kappa shape index (κ3) is 4.78. The smallest absolute Gasteiger partial charge is 0.310 e. The molecule has 1 N–H and O–H groups in total. The lowest BCUT2D eigenvalue weighted by atomic mass is 10.0.